The molecule has 124 heavy (non-hydrogen) atoms. The molecule has 6 rings (SSSR count). The molecule has 0 N–H and O–H groups in total. The highest BCUT2D eigenvalue weighted by Crippen LogP contribution is 2.42. The summed E-state index contributed by atoms with van der Waals surface area (Å²) in [5, 5.41) is 1.90. The number of carbonyl (C=O) groups is 10. The maximum Gasteiger partial charge on any atom is 0.387 e. The second-order valence-corrected chi connectivity index (χ2v) is 51.0. The topological polar surface area (TPSA) is 300 Å². The Bertz CT molecular complexity index is 4340. The van der Waals surface area contributed by atoms with Crippen molar-refractivity contribution < 1.29 is 111 Å². The molecule has 0 aliphatic heterocycles. The Morgan fingerprint density at radius 3 is 0.944 bits per heavy atom. The first-order valence-corrected chi connectivity index (χ1v) is 56.3. The molecule has 668 valence electrons. The van der Waals surface area contributed by atoms with Crippen LogP contribution in [0, 0.1) is 5.41 Å². The lowest BCUT2D eigenvalue weighted by Gasteiger charge is -2.38. The minimum Gasteiger partial charge on any atom is -0.492 e. The normalized spacial score (nSPS) is 11.8. The molecule has 0 fully saturated rings. The Morgan fingerprint density at radius 2 is 0.637 bits per heavy atom. The van der Waals surface area contributed by atoms with Gasteiger partial charge in [0.25, 0.3) is 0 Å². The van der Waals surface area contributed by atoms with Gasteiger partial charge in [0.2, 0.25) is 0 Å². The summed E-state index contributed by atoms with van der Waals surface area (Å²) in [5.74, 6) is -5.04. The van der Waals surface area contributed by atoms with Gasteiger partial charge in [-0.2, -0.15) is 0 Å². The molecular weight excluding hydrogens is 1680 g/mol. The van der Waals surface area contributed by atoms with Gasteiger partial charge in [-0.05, 0) is 124 Å². The zero-order chi connectivity index (χ0) is 93.6. The van der Waals surface area contributed by atoms with Crippen LogP contribution in [0.4, 0.5) is 0 Å². The molecule has 0 heterocycles. The highest BCUT2D eigenvalue weighted by molar-refractivity contribution is 6.94. The molecule has 6 aromatic carbocycles. The molecule has 24 nitrogen and oxygen atoms in total. The van der Waals surface area contributed by atoms with Crippen molar-refractivity contribution in [2.75, 3.05) is 33.0 Å². The van der Waals surface area contributed by atoms with E-state index in [9.17, 15) is 47.9 Å². The van der Waals surface area contributed by atoms with E-state index in [2.05, 4.69) is 104 Å². The van der Waals surface area contributed by atoms with Crippen molar-refractivity contribution in [3.63, 3.8) is 0 Å². The third-order valence-corrected chi connectivity index (χ3v) is 36.4. The minimum atomic E-state index is -3.06. The van der Waals surface area contributed by atoms with Crippen LogP contribution in [0.1, 0.15) is 86.6 Å². The zero-order valence-electron chi connectivity index (χ0n) is 74.2. The predicted octanol–water partition coefficient (Wildman–Crippen LogP) is 17.7. The van der Waals surface area contributed by atoms with Crippen molar-refractivity contribution in [2.45, 2.75) is 143 Å². The van der Waals surface area contributed by atoms with Crippen LogP contribution in [0.15, 0.2) is 308 Å². The zero-order valence-corrected chi connectivity index (χ0v) is 80.2. The van der Waals surface area contributed by atoms with E-state index in [1.807, 2.05) is 186 Å². The average molecular weight is 1810 g/mol. The SMILES string of the molecule is C=C(CCC)C(=O)OCc1ccccc1.C=CC(=O)OCC(CC)(COC(=O)C=C)C(OC(=O)C=C)c1ccccc1.C=CC(=O)OCC(CC)c1ccccc1.C=CC(=O)OCC(COC(=O)C=C)c1ccccc1.C=CC(=O)O[Si](C)(C)O[Si](C)(O[Si](C)(C)C)c1ccccc1.C=CC(=O)O[Si](C)(C)O[Si](C)(O[Si](C)(C)OC(=O)C=C)c1ccccc1. The van der Waals surface area contributed by atoms with E-state index >= 15 is 0 Å². The van der Waals surface area contributed by atoms with Crippen molar-refractivity contribution in [1.82, 2.24) is 0 Å². The molecule has 0 spiro atoms. The lowest BCUT2D eigenvalue weighted by Crippen LogP contribution is -2.63. The quantitative estimate of drug-likeness (QED) is 0.0148. The van der Waals surface area contributed by atoms with Gasteiger partial charge >= 0.3 is 102 Å². The number of benzene rings is 6. The fourth-order valence-electron chi connectivity index (χ4n) is 11.2. The van der Waals surface area contributed by atoms with Crippen LogP contribution in [0.5, 0.6) is 0 Å². The summed E-state index contributed by atoms with van der Waals surface area (Å²) in [6, 6.07) is 57.4. The van der Waals surface area contributed by atoms with E-state index in [1.165, 1.54) is 17.7 Å². The van der Waals surface area contributed by atoms with Crippen LogP contribution >= 0.6 is 0 Å². The van der Waals surface area contributed by atoms with Crippen LogP contribution < -0.4 is 10.4 Å². The van der Waals surface area contributed by atoms with Crippen molar-refractivity contribution in [3.8, 4) is 0 Å². The number of esters is 7. The lowest BCUT2D eigenvalue weighted by atomic mass is 9.77. The van der Waals surface area contributed by atoms with Gasteiger partial charge in [-0.1, -0.05) is 275 Å². The molecule has 0 saturated heterocycles. The van der Waals surface area contributed by atoms with Gasteiger partial charge in [-0.25, -0.2) is 47.9 Å². The Kier molecular flexibility index (Phi) is 51.6. The van der Waals surface area contributed by atoms with E-state index in [4.69, 9.17) is 62.9 Å². The third kappa shape index (κ3) is 45.1. The highest BCUT2D eigenvalue weighted by atomic mass is 28.5. The Hall–Kier alpha value is -11.4. The molecule has 3 unspecified atom stereocenters. The monoisotopic (exact) mass is 1800 g/mol. The first kappa shape index (κ1) is 111. The second kappa shape index (κ2) is 57.8. The van der Waals surface area contributed by atoms with E-state index in [0.29, 0.717) is 37.2 Å². The summed E-state index contributed by atoms with van der Waals surface area (Å²) < 4.78 is 77.9. The van der Waals surface area contributed by atoms with E-state index in [1.54, 1.807) is 50.5 Å². The lowest BCUT2D eigenvalue weighted by molar-refractivity contribution is -0.169. The van der Waals surface area contributed by atoms with Crippen molar-refractivity contribution in [1.29, 1.82) is 0 Å². The van der Waals surface area contributed by atoms with Gasteiger partial charge in [0.05, 0.1) is 17.9 Å². The molecule has 30 heteroatoms. The molecule has 6 aromatic rings. The summed E-state index contributed by atoms with van der Waals surface area (Å²) in [6.07, 6.45) is 12.0. The summed E-state index contributed by atoms with van der Waals surface area (Å²) in [5.41, 5.74) is 3.33. The molecule has 3 atom stereocenters. The van der Waals surface area contributed by atoms with Crippen LogP contribution in [-0.2, 0) is 117 Å². The summed E-state index contributed by atoms with van der Waals surface area (Å²) in [4.78, 5) is 114. The first-order chi connectivity index (χ1) is 58.5. The Balaban J connectivity index is 0.000000754. The maximum absolute atomic E-state index is 12.0. The predicted molar refractivity (Wildman–Crippen MR) is 497 cm³/mol. The van der Waals surface area contributed by atoms with Crippen molar-refractivity contribution >= 4 is 121 Å². The fourth-order valence-corrected chi connectivity index (χ4v) is 33.9. The fraction of sp³-hybridized carbons (Fsp3) is 0.298. The van der Waals surface area contributed by atoms with Crippen molar-refractivity contribution in [3.05, 3.63) is 330 Å². The van der Waals surface area contributed by atoms with E-state index < -0.39 is 110 Å². The molecule has 0 amide bonds. The number of ether oxygens (including phenoxy) is 7. The summed E-state index contributed by atoms with van der Waals surface area (Å²) in [7, 11) is -16.0. The smallest absolute Gasteiger partial charge is 0.387 e. The molecule has 0 radical (unpaired) electrons. The number of rotatable bonds is 44. The second-order valence-electron chi connectivity index (χ2n) is 29.5. The molecule has 0 aliphatic carbocycles. The molecule has 0 aromatic heterocycles. The summed E-state index contributed by atoms with van der Waals surface area (Å²) >= 11 is 0. The van der Waals surface area contributed by atoms with E-state index in [0.717, 1.165) is 76.9 Å². The van der Waals surface area contributed by atoms with Gasteiger partial charge in [-0.3, -0.25) is 0 Å². The van der Waals surface area contributed by atoms with Crippen LogP contribution in [0.25, 0.3) is 0 Å². The van der Waals surface area contributed by atoms with Crippen molar-refractivity contribution in [2.24, 2.45) is 5.41 Å². The van der Waals surface area contributed by atoms with Crippen LogP contribution in [0.2, 0.25) is 72.0 Å². The van der Waals surface area contributed by atoms with E-state index in [-0.39, 0.29) is 50.2 Å². The third-order valence-electron chi connectivity index (χ3n) is 16.9. The average Bonchev–Trinajstić information content (AvgIpc) is 0.781. The number of hydrogen-bond donors (Lipinski definition) is 0. The van der Waals surface area contributed by atoms with Crippen LogP contribution in [-0.4, -0.2) is 144 Å². The largest absolute Gasteiger partial charge is 0.492 e. The Labute approximate surface area is 739 Å². The van der Waals surface area contributed by atoms with Gasteiger partial charge in [0, 0.05) is 66.2 Å². The molecule has 0 saturated carbocycles. The molecule has 0 bridgehead atoms. The Morgan fingerprint density at radius 1 is 0.347 bits per heavy atom. The standard InChI is InChI=1S/C21H24O6.C17H26O6Si3.C15H26O4Si3.C15H16O4.2C13H16O2/c1-5-17(22)25-14-21(8-4,15-26-18(23)6-2)20(27-19(24)7-3)16-12-10-9-11-13-16;1-8-16(18)20-24(3,4)22-26(7,15-13-11-10-12-14-15)23-25(5,6)21-17(19)9-2;1-8-15(16)17-21(5,6)19-22(7,18-20(2,3)4)14-12-10-9-11-13-14;1-3-14(16)18-10-13(11-19-15(17)4-2)12-8-6-5-7-9-12;1-3-7-11(2)13(14)15-10-12-8-5-4-6-9-12;1-3-11(10-15-13(14)4-2)12-8-6-5-7-9-12/h5-7,9-13,20H,1-3,8,14-15H2,4H3;8-14H,1-2H2,3-7H3;8-13H,1H2,2-7H3;3-9,13H,1-2,10-11H2;4-6,8-9H,2-3,7,10H2,1H3;4-9,11H,2-3,10H2,1H3. The summed E-state index contributed by atoms with van der Waals surface area (Å²) in [6.45, 7) is 61.8. The first-order valence-electron chi connectivity index (χ1n) is 39.8. The minimum absolute atomic E-state index is 0.124. The van der Waals surface area contributed by atoms with Crippen LogP contribution in [0.3, 0.4) is 0 Å². The highest BCUT2D eigenvalue weighted by Gasteiger charge is 2.50. The molecule has 0 aliphatic rings. The number of carbonyl (C=O) groups excluding carboxylic acids is 10. The van der Waals surface area contributed by atoms with Gasteiger partial charge in [-0.15, -0.1) is 0 Å². The van der Waals surface area contributed by atoms with Gasteiger partial charge in [0.15, 0.2) is 8.32 Å². The molecular formula is C94H124O24Si6. The van der Waals surface area contributed by atoms with Gasteiger partial charge < -0.3 is 62.9 Å². The number of hydrogen-bond acceptors (Lipinski definition) is 24. The van der Waals surface area contributed by atoms with Gasteiger partial charge in [0.1, 0.15) is 39.1 Å². The maximum atomic E-state index is 12.0.